The topological polar surface area (TPSA) is 79.2 Å². The normalized spacial score (nSPS) is 22.1. The number of sulfonamides is 1. The molecular weight excluding hydrogens is 312 g/mol. The molecule has 0 aliphatic carbocycles. The van der Waals surface area contributed by atoms with Crippen LogP contribution < -0.4 is 4.72 Å². The van der Waals surface area contributed by atoms with E-state index >= 15 is 0 Å². The zero-order valence-corrected chi connectivity index (χ0v) is 13.2. The first-order valence-corrected chi connectivity index (χ1v) is 8.65. The summed E-state index contributed by atoms with van der Waals surface area (Å²) in [5, 5.41) is 8.82. The molecule has 0 saturated carbocycles. The Labute approximate surface area is 129 Å². The summed E-state index contributed by atoms with van der Waals surface area (Å²) in [5.74, 6) is 0.182. The molecule has 1 fully saturated rings. The smallest absolute Gasteiger partial charge is 0.242 e. The molecule has 0 bridgehead atoms. The Kier molecular flexibility index (Phi) is 5.22. The highest BCUT2D eigenvalue weighted by Crippen LogP contribution is 2.25. The lowest BCUT2D eigenvalue weighted by atomic mass is 10.0. The van der Waals surface area contributed by atoms with E-state index in [4.69, 9.17) is 21.6 Å². The molecule has 1 aromatic rings. The summed E-state index contributed by atoms with van der Waals surface area (Å²) in [6.07, 6.45) is 1.82. The van der Waals surface area contributed by atoms with Crippen LogP contribution in [-0.2, 0) is 14.8 Å². The third-order valence-electron chi connectivity index (χ3n) is 3.63. The Morgan fingerprint density at radius 2 is 2.29 bits per heavy atom. The van der Waals surface area contributed by atoms with Crippen molar-refractivity contribution in [1.29, 1.82) is 5.26 Å². The van der Waals surface area contributed by atoms with Gasteiger partial charge in [0.25, 0.3) is 0 Å². The van der Waals surface area contributed by atoms with E-state index in [1.165, 1.54) is 18.2 Å². The molecule has 0 amide bonds. The van der Waals surface area contributed by atoms with Gasteiger partial charge in [0, 0.05) is 19.1 Å². The summed E-state index contributed by atoms with van der Waals surface area (Å²) in [6, 6.07) is 6.06. The fourth-order valence-corrected chi connectivity index (χ4v) is 4.10. The Balaban J connectivity index is 2.10. The minimum Gasteiger partial charge on any atom is -0.378 e. The fourth-order valence-electron chi connectivity index (χ4n) is 2.46. The average Bonchev–Trinajstić information content (AvgIpc) is 2.92. The van der Waals surface area contributed by atoms with Crippen LogP contribution in [0.2, 0.25) is 5.02 Å². The largest absolute Gasteiger partial charge is 0.378 e. The van der Waals surface area contributed by atoms with Crippen LogP contribution in [0.25, 0.3) is 0 Å². The van der Waals surface area contributed by atoms with Crippen LogP contribution in [0.15, 0.2) is 23.1 Å². The van der Waals surface area contributed by atoms with Gasteiger partial charge in [0.2, 0.25) is 10.0 Å². The zero-order chi connectivity index (χ0) is 15.5. The van der Waals surface area contributed by atoms with Gasteiger partial charge in [-0.1, -0.05) is 18.5 Å². The molecule has 2 atom stereocenters. The van der Waals surface area contributed by atoms with Gasteiger partial charge in [-0.3, -0.25) is 0 Å². The Bertz CT molecular complexity index is 655. The van der Waals surface area contributed by atoms with Crippen molar-refractivity contribution < 1.29 is 13.2 Å². The quantitative estimate of drug-likeness (QED) is 0.899. The number of nitriles is 1. The van der Waals surface area contributed by atoms with Crippen LogP contribution in [0.3, 0.4) is 0 Å². The number of ether oxygens (including phenoxy) is 1. The van der Waals surface area contributed by atoms with Crippen molar-refractivity contribution >= 4 is 21.6 Å². The molecule has 1 aliphatic rings. The molecule has 0 radical (unpaired) electrons. The highest BCUT2D eigenvalue weighted by atomic mass is 35.5. The standard InChI is InChI=1S/C14H17ClN2O3S/c1-2-13-11(5-6-20-13)9-17-21(18,19)14-4-3-10(8-16)7-12(14)15/h3-4,7,11,13,17H,2,5-6,9H2,1H3. The van der Waals surface area contributed by atoms with E-state index in [-0.39, 0.29) is 21.9 Å². The highest BCUT2D eigenvalue weighted by molar-refractivity contribution is 7.89. The summed E-state index contributed by atoms with van der Waals surface area (Å²) in [6.45, 7) is 3.02. The molecule has 0 aromatic heterocycles. The molecule has 1 aromatic carbocycles. The molecule has 1 heterocycles. The first-order chi connectivity index (χ1) is 9.97. The second-order valence-electron chi connectivity index (χ2n) is 4.98. The van der Waals surface area contributed by atoms with Gasteiger partial charge in [-0.2, -0.15) is 5.26 Å². The minimum absolute atomic E-state index is 0.00451. The molecular formula is C14H17ClN2O3S. The van der Waals surface area contributed by atoms with E-state index in [0.717, 1.165) is 12.8 Å². The van der Waals surface area contributed by atoms with Gasteiger partial charge in [-0.15, -0.1) is 0 Å². The number of halogens is 1. The number of rotatable bonds is 5. The Hall–Kier alpha value is -1.13. The van der Waals surface area contributed by atoms with Crippen molar-refractivity contribution in [2.24, 2.45) is 5.92 Å². The predicted octanol–water partition coefficient (Wildman–Crippen LogP) is 2.31. The van der Waals surface area contributed by atoms with Crippen molar-refractivity contribution in [1.82, 2.24) is 4.72 Å². The van der Waals surface area contributed by atoms with Crippen LogP contribution in [0.4, 0.5) is 0 Å². The van der Waals surface area contributed by atoms with E-state index in [0.29, 0.717) is 18.7 Å². The predicted molar refractivity (Wildman–Crippen MR) is 79.5 cm³/mol. The van der Waals surface area contributed by atoms with Crippen molar-refractivity contribution in [2.75, 3.05) is 13.2 Å². The number of nitrogens with zero attached hydrogens (tertiary/aromatic N) is 1. The van der Waals surface area contributed by atoms with E-state index < -0.39 is 10.0 Å². The minimum atomic E-state index is -3.68. The number of hydrogen-bond acceptors (Lipinski definition) is 4. The second kappa shape index (κ2) is 6.75. The van der Waals surface area contributed by atoms with Gasteiger partial charge in [0.15, 0.2) is 0 Å². The molecule has 1 N–H and O–H groups in total. The molecule has 114 valence electrons. The molecule has 1 aliphatic heterocycles. The second-order valence-corrected chi connectivity index (χ2v) is 7.12. The van der Waals surface area contributed by atoms with Crippen molar-refractivity contribution in [3.8, 4) is 6.07 Å². The van der Waals surface area contributed by atoms with E-state index in [1.54, 1.807) is 0 Å². The average molecular weight is 329 g/mol. The van der Waals surface area contributed by atoms with Crippen LogP contribution in [0.1, 0.15) is 25.3 Å². The van der Waals surface area contributed by atoms with Crippen LogP contribution in [0.5, 0.6) is 0 Å². The summed E-state index contributed by atoms with van der Waals surface area (Å²) in [4.78, 5) is -0.00451. The molecule has 2 unspecified atom stereocenters. The van der Waals surface area contributed by atoms with Gasteiger partial charge in [-0.05, 0) is 31.0 Å². The van der Waals surface area contributed by atoms with Gasteiger partial charge in [0.05, 0.1) is 22.8 Å². The SMILES string of the molecule is CCC1OCCC1CNS(=O)(=O)c1ccc(C#N)cc1Cl. The molecule has 5 nitrogen and oxygen atoms in total. The van der Waals surface area contributed by atoms with Gasteiger partial charge < -0.3 is 4.74 Å². The molecule has 7 heteroatoms. The molecule has 0 spiro atoms. The van der Waals surface area contributed by atoms with Gasteiger partial charge in [0.1, 0.15) is 4.90 Å². The van der Waals surface area contributed by atoms with E-state index in [1.807, 2.05) is 13.0 Å². The molecule has 2 rings (SSSR count). The van der Waals surface area contributed by atoms with Crippen LogP contribution in [0, 0.1) is 17.2 Å². The van der Waals surface area contributed by atoms with Gasteiger partial charge >= 0.3 is 0 Å². The van der Waals surface area contributed by atoms with E-state index in [9.17, 15) is 8.42 Å². The van der Waals surface area contributed by atoms with Crippen LogP contribution in [-0.4, -0.2) is 27.7 Å². The zero-order valence-electron chi connectivity index (χ0n) is 11.7. The number of nitrogens with one attached hydrogen (secondary N) is 1. The number of benzene rings is 1. The first kappa shape index (κ1) is 16.2. The van der Waals surface area contributed by atoms with Gasteiger partial charge in [-0.25, -0.2) is 13.1 Å². The summed E-state index contributed by atoms with van der Waals surface area (Å²) < 4.78 is 32.7. The maximum atomic E-state index is 12.3. The number of hydrogen-bond donors (Lipinski definition) is 1. The van der Waals surface area contributed by atoms with Crippen molar-refractivity contribution in [3.05, 3.63) is 28.8 Å². The lowest BCUT2D eigenvalue weighted by Crippen LogP contribution is -2.32. The lowest BCUT2D eigenvalue weighted by molar-refractivity contribution is 0.0884. The van der Waals surface area contributed by atoms with Crippen molar-refractivity contribution in [2.45, 2.75) is 30.8 Å². The highest BCUT2D eigenvalue weighted by Gasteiger charge is 2.28. The first-order valence-electron chi connectivity index (χ1n) is 6.79. The lowest BCUT2D eigenvalue weighted by Gasteiger charge is -2.17. The summed E-state index contributed by atoms with van der Waals surface area (Å²) >= 11 is 5.95. The maximum absolute atomic E-state index is 12.3. The molecule has 21 heavy (non-hydrogen) atoms. The monoisotopic (exact) mass is 328 g/mol. The maximum Gasteiger partial charge on any atom is 0.242 e. The Morgan fingerprint density at radius 3 is 2.90 bits per heavy atom. The Morgan fingerprint density at radius 1 is 1.52 bits per heavy atom. The summed E-state index contributed by atoms with van der Waals surface area (Å²) in [7, 11) is -3.68. The van der Waals surface area contributed by atoms with Crippen LogP contribution >= 0.6 is 11.6 Å². The van der Waals surface area contributed by atoms with Crippen molar-refractivity contribution in [3.63, 3.8) is 0 Å². The molecule has 1 saturated heterocycles. The third-order valence-corrected chi connectivity index (χ3v) is 5.54. The van der Waals surface area contributed by atoms with E-state index in [2.05, 4.69) is 4.72 Å². The summed E-state index contributed by atoms with van der Waals surface area (Å²) in [5.41, 5.74) is 0.328. The fraction of sp³-hybridized carbons (Fsp3) is 0.500. The third kappa shape index (κ3) is 3.74.